The minimum Gasteiger partial charge on any atom is -0.493 e. The first-order valence-corrected chi connectivity index (χ1v) is 12.4. The van der Waals surface area contributed by atoms with Crippen LogP contribution in [-0.4, -0.2) is 84.2 Å². The molecule has 36 heavy (non-hydrogen) atoms. The molecule has 1 aromatic rings. The standard InChI is InChI=1S/C26H31N3O7/c1-34-20-11-15(12-21(35-2)24(20)36-3)23(31)26(33)29-17-9-6-10-18(29)25(32)28-14-22(30)27(13-19(17)28)16-7-4-5-8-16/h11-13,16-18H,4-10,14H2,1-3H3/t17-,18+/m1/s1. The SMILES string of the molecule is COc1cc(C(=O)C(=O)N2[C@@H]3CCC[C@H]2C(=O)N2CC(=O)N(C4CCCC4)C=C32)cc(OC)c1OC. The number of amides is 3. The molecule has 10 nitrogen and oxygen atoms in total. The van der Waals surface area contributed by atoms with E-state index in [1.54, 1.807) is 11.1 Å². The number of nitrogens with zero attached hydrogens (tertiary/aromatic N) is 3. The maximum Gasteiger partial charge on any atom is 0.296 e. The van der Waals surface area contributed by atoms with E-state index in [-0.39, 0.29) is 41.5 Å². The van der Waals surface area contributed by atoms with Gasteiger partial charge in [0.2, 0.25) is 17.6 Å². The van der Waals surface area contributed by atoms with Gasteiger partial charge in [0.15, 0.2) is 11.5 Å². The number of ketones is 1. The largest absolute Gasteiger partial charge is 0.493 e. The zero-order valence-electron chi connectivity index (χ0n) is 20.8. The van der Waals surface area contributed by atoms with E-state index in [1.807, 2.05) is 0 Å². The van der Waals surface area contributed by atoms with Crippen molar-refractivity contribution in [3.05, 3.63) is 29.6 Å². The molecule has 10 heteroatoms. The summed E-state index contributed by atoms with van der Waals surface area (Å²) in [6.45, 7) is -0.0168. The Hall–Kier alpha value is -3.56. The van der Waals surface area contributed by atoms with Crippen LogP contribution >= 0.6 is 0 Å². The normalized spacial score (nSPS) is 23.9. The zero-order chi connectivity index (χ0) is 25.6. The molecule has 0 spiro atoms. The molecule has 1 aromatic carbocycles. The second-order valence-corrected chi connectivity index (χ2v) is 9.64. The zero-order valence-corrected chi connectivity index (χ0v) is 20.8. The molecular weight excluding hydrogens is 466 g/mol. The highest BCUT2D eigenvalue weighted by atomic mass is 16.5. The highest BCUT2D eigenvalue weighted by Gasteiger charge is 2.52. The van der Waals surface area contributed by atoms with Gasteiger partial charge in [0.25, 0.3) is 11.7 Å². The predicted molar refractivity (Wildman–Crippen MR) is 128 cm³/mol. The van der Waals surface area contributed by atoms with Crippen LogP contribution in [0.1, 0.15) is 55.3 Å². The fourth-order valence-corrected chi connectivity index (χ4v) is 6.00. The van der Waals surface area contributed by atoms with E-state index in [0.29, 0.717) is 24.3 Å². The third-order valence-electron chi connectivity index (χ3n) is 7.76. The van der Waals surface area contributed by atoms with Gasteiger partial charge in [-0.25, -0.2) is 0 Å². The Kier molecular flexibility index (Phi) is 6.36. The van der Waals surface area contributed by atoms with Crippen LogP contribution in [0.15, 0.2) is 24.0 Å². The molecule has 2 atom stereocenters. The fourth-order valence-electron chi connectivity index (χ4n) is 6.00. The van der Waals surface area contributed by atoms with Crippen LogP contribution < -0.4 is 14.2 Å². The van der Waals surface area contributed by atoms with E-state index in [4.69, 9.17) is 14.2 Å². The Morgan fingerprint density at radius 3 is 2.11 bits per heavy atom. The number of piperidine rings is 1. The lowest BCUT2D eigenvalue weighted by Crippen LogP contribution is -2.67. The van der Waals surface area contributed by atoms with Gasteiger partial charge in [0.1, 0.15) is 12.6 Å². The summed E-state index contributed by atoms with van der Waals surface area (Å²) < 4.78 is 16.0. The Morgan fingerprint density at radius 1 is 0.861 bits per heavy atom. The van der Waals surface area contributed by atoms with Gasteiger partial charge in [-0.1, -0.05) is 12.8 Å². The van der Waals surface area contributed by atoms with Crippen LogP contribution in [0.5, 0.6) is 17.2 Å². The molecule has 3 heterocycles. The minimum absolute atomic E-state index is 0.0168. The van der Waals surface area contributed by atoms with Crippen LogP contribution in [0.3, 0.4) is 0 Å². The van der Waals surface area contributed by atoms with Crippen molar-refractivity contribution in [3.8, 4) is 17.2 Å². The lowest BCUT2D eigenvalue weighted by Gasteiger charge is -2.52. The summed E-state index contributed by atoms with van der Waals surface area (Å²) >= 11 is 0. The van der Waals surface area contributed by atoms with E-state index in [1.165, 1.54) is 43.3 Å². The average molecular weight is 498 g/mol. The van der Waals surface area contributed by atoms with E-state index in [2.05, 4.69) is 0 Å². The van der Waals surface area contributed by atoms with Crippen LogP contribution in [0.25, 0.3) is 0 Å². The molecule has 1 aliphatic carbocycles. The third kappa shape index (κ3) is 3.79. The average Bonchev–Trinajstić information content (AvgIpc) is 3.44. The lowest BCUT2D eigenvalue weighted by molar-refractivity contribution is -0.156. The van der Waals surface area contributed by atoms with Crippen molar-refractivity contribution in [2.24, 2.45) is 0 Å². The molecule has 0 N–H and O–H groups in total. The Morgan fingerprint density at radius 2 is 1.50 bits per heavy atom. The van der Waals surface area contributed by atoms with Gasteiger partial charge in [0, 0.05) is 17.8 Å². The number of methoxy groups -OCH3 is 3. The van der Waals surface area contributed by atoms with Gasteiger partial charge in [-0.05, 0) is 44.2 Å². The Balaban J connectivity index is 1.50. The van der Waals surface area contributed by atoms with E-state index in [9.17, 15) is 19.2 Å². The highest BCUT2D eigenvalue weighted by Crippen LogP contribution is 2.41. The number of benzene rings is 1. The molecule has 4 aliphatic rings. The molecule has 3 fully saturated rings. The molecule has 0 radical (unpaired) electrons. The first kappa shape index (κ1) is 24.1. The molecule has 0 aromatic heterocycles. The molecule has 0 unspecified atom stereocenters. The van der Waals surface area contributed by atoms with Crippen LogP contribution in [0.4, 0.5) is 0 Å². The molecule has 2 saturated heterocycles. The van der Waals surface area contributed by atoms with Crippen molar-refractivity contribution in [2.75, 3.05) is 27.9 Å². The molecule has 3 aliphatic heterocycles. The summed E-state index contributed by atoms with van der Waals surface area (Å²) in [6, 6.07) is 1.78. The van der Waals surface area contributed by atoms with E-state index < -0.39 is 23.8 Å². The van der Waals surface area contributed by atoms with E-state index >= 15 is 0 Å². The smallest absolute Gasteiger partial charge is 0.296 e. The van der Waals surface area contributed by atoms with Gasteiger partial charge < -0.3 is 28.9 Å². The molecular formula is C26H31N3O7. The topological polar surface area (TPSA) is 106 Å². The monoisotopic (exact) mass is 497 g/mol. The summed E-state index contributed by atoms with van der Waals surface area (Å²) in [5.74, 6) is -1.07. The fraction of sp³-hybridized carbons (Fsp3) is 0.538. The molecule has 1 saturated carbocycles. The highest BCUT2D eigenvalue weighted by molar-refractivity contribution is 6.43. The quantitative estimate of drug-likeness (QED) is 0.438. The van der Waals surface area contributed by atoms with Gasteiger partial charge >= 0.3 is 0 Å². The maximum absolute atomic E-state index is 13.7. The van der Waals surface area contributed by atoms with Gasteiger partial charge in [0.05, 0.1) is 33.1 Å². The van der Waals surface area contributed by atoms with Crippen molar-refractivity contribution in [1.82, 2.24) is 14.7 Å². The number of Topliss-reactive ketones (excluding diaryl/α,β-unsaturated/α-hetero) is 1. The Bertz CT molecular complexity index is 1120. The minimum atomic E-state index is -0.773. The molecule has 5 rings (SSSR count). The summed E-state index contributed by atoms with van der Waals surface area (Å²) in [4.78, 5) is 58.2. The predicted octanol–water partition coefficient (Wildman–Crippen LogP) is 2.11. The number of ether oxygens (including phenoxy) is 3. The first-order chi connectivity index (χ1) is 17.4. The number of carbonyl (C=O) groups excluding carboxylic acids is 4. The van der Waals surface area contributed by atoms with Crippen LogP contribution in [0, 0.1) is 0 Å². The van der Waals surface area contributed by atoms with Crippen molar-refractivity contribution >= 4 is 23.5 Å². The number of fused-ring (bicyclic) bond motifs is 4. The summed E-state index contributed by atoms with van der Waals surface area (Å²) in [6.07, 6.45) is 7.58. The van der Waals surface area contributed by atoms with Crippen LogP contribution in [-0.2, 0) is 14.4 Å². The van der Waals surface area contributed by atoms with Crippen LogP contribution in [0.2, 0.25) is 0 Å². The summed E-state index contributed by atoms with van der Waals surface area (Å²) in [7, 11) is 4.32. The third-order valence-corrected chi connectivity index (χ3v) is 7.76. The van der Waals surface area contributed by atoms with Gasteiger partial charge in [-0.15, -0.1) is 0 Å². The summed E-state index contributed by atoms with van der Waals surface area (Å²) in [5, 5.41) is 0. The second-order valence-electron chi connectivity index (χ2n) is 9.64. The van der Waals surface area contributed by atoms with Crippen molar-refractivity contribution < 1.29 is 33.4 Å². The lowest BCUT2D eigenvalue weighted by atomic mass is 9.86. The maximum atomic E-state index is 13.7. The number of hydrogen-bond acceptors (Lipinski definition) is 7. The number of piperazine rings is 1. The number of carbonyl (C=O) groups is 4. The second kappa shape index (κ2) is 9.48. The Labute approximate surface area is 209 Å². The first-order valence-electron chi connectivity index (χ1n) is 12.4. The van der Waals surface area contributed by atoms with Crippen molar-refractivity contribution in [2.45, 2.75) is 63.1 Å². The molecule has 2 bridgehead atoms. The van der Waals surface area contributed by atoms with Crippen molar-refractivity contribution in [3.63, 3.8) is 0 Å². The molecule has 3 amide bonds. The number of hydrogen-bond donors (Lipinski definition) is 0. The van der Waals surface area contributed by atoms with Gasteiger partial charge in [-0.3, -0.25) is 19.2 Å². The van der Waals surface area contributed by atoms with E-state index in [0.717, 1.165) is 32.1 Å². The number of rotatable bonds is 6. The summed E-state index contributed by atoms with van der Waals surface area (Å²) in [5.41, 5.74) is 0.719. The van der Waals surface area contributed by atoms with Gasteiger partial charge in [-0.2, -0.15) is 0 Å². The van der Waals surface area contributed by atoms with Crippen molar-refractivity contribution in [1.29, 1.82) is 0 Å². The molecule has 192 valence electrons.